The number of anilines is 1. The van der Waals surface area contributed by atoms with Crippen LogP contribution in [0.1, 0.15) is 28.5 Å². The molecule has 1 fully saturated rings. The van der Waals surface area contributed by atoms with Gasteiger partial charge in [-0.05, 0) is 24.6 Å². The lowest BCUT2D eigenvalue weighted by Gasteiger charge is -2.27. The molecule has 122 valence electrons. The average Bonchev–Trinajstić information content (AvgIpc) is 2.93. The second kappa shape index (κ2) is 6.52. The van der Waals surface area contributed by atoms with Crippen LogP contribution in [-0.4, -0.2) is 41.9 Å². The number of hydrogen-bond donors (Lipinski definition) is 1. The van der Waals surface area contributed by atoms with Gasteiger partial charge in [-0.25, -0.2) is 4.68 Å². The summed E-state index contributed by atoms with van der Waals surface area (Å²) < 4.78 is 7.14. The molecule has 0 aliphatic carbocycles. The van der Waals surface area contributed by atoms with E-state index in [0.29, 0.717) is 25.5 Å². The van der Waals surface area contributed by atoms with Gasteiger partial charge in [-0.15, -0.1) is 5.10 Å². The fourth-order valence-corrected chi connectivity index (χ4v) is 2.93. The van der Waals surface area contributed by atoms with Gasteiger partial charge in [0.15, 0.2) is 11.6 Å². The smallest absolute Gasteiger partial charge is 0.178 e. The van der Waals surface area contributed by atoms with E-state index >= 15 is 0 Å². The number of hydrogen-bond acceptors (Lipinski definition) is 5. The summed E-state index contributed by atoms with van der Waals surface area (Å²) in [5.74, 6) is 0.874. The maximum Gasteiger partial charge on any atom is 0.178 e. The Morgan fingerprint density at radius 2 is 1.91 bits per heavy atom. The number of aromatic nitrogens is 2. The van der Waals surface area contributed by atoms with E-state index in [-0.39, 0.29) is 5.78 Å². The maximum absolute atomic E-state index is 12.2. The van der Waals surface area contributed by atoms with E-state index in [1.807, 2.05) is 31.2 Å². The molecule has 0 radical (unpaired) electrons. The zero-order valence-corrected chi connectivity index (χ0v) is 13.6. The Kier molecular flexibility index (Phi) is 4.45. The molecular weight excluding hydrogens is 292 g/mol. The molecule has 6 nitrogen and oxygen atoms in total. The minimum atomic E-state index is 0.0115. The zero-order chi connectivity index (χ0) is 16.4. The fourth-order valence-electron chi connectivity index (χ4n) is 2.93. The summed E-state index contributed by atoms with van der Waals surface area (Å²) in [6.07, 6.45) is 0. The van der Waals surface area contributed by atoms with Gasteiger partial charge in [-0.1, -0.05) is 12.1 Å². The van der Waals surface area contributed by atoms with Gasteiger partial charge in [0.05, 0.1) is 18.9 Å². The van der Waals surface area contributed by atoms with Crippen molar-refractivity contribution in [1.29, 1.82) is 0 Å². The molecule has 0 unspecified atom stereocenters. The number of nitrogens with zero attached hydrogens (tertiary/aromatic N) is 3. The Bertz CT molecular complexity index is 700. The highest BCUT2D eigenvalue weighted by Gasteiger charge is 2.23. The number of morpholine rings is 1. The molecule has 0 amide bonds. The fraction of sp³-hybridized carbons (Fsp3) is 0.412. The lowest BCUT2D eigenvalue weighted by molar-refractivity contribution is 0.101. The van der Waals surface area contributed by atoms with Crippen LogP contribution in [0.3, 0.4) is 0 Å². The van der Waals surface area contributed by atoms with Crippen LogP contribution >= 0.6 is 0 Å². The zero-order valence-electron chi connectivity index (χ0n) is 13.6. The Morgan fingerprint density at radius 1 is 1.26 bits per heavy atom. The summed E-state index contributed by atoms with van der Waals surface area (Å²) in [7, 11) is 0. The lowest BCUT2D eigenvalue weighted by atomic mass is 10.1. The van der Waals surface area contributed by atoms with Crippen LogP contribution in [0.5, 0.6) is 0 Å². The molecule has 2 heterocycles. The molecule has 1 aromatic heterocycles. The highest BCUT2D eigenvalue weighted by molar-refractivity contribution is 5.95. The Balaban J connectivity index is 2.05. The number of carbonyl (C=O) groups excluding carboxylic acids is 1. The van der Waals surface area contributed by atoms with Crippen LogP contribution in [0.4, 0.5) is 5.82 Å². The third-order valence-corrected chi connectivity index (χ3v) is 4.16. The van der Waals surface area contributed by atoms with Gasteiger partial charge in [0.25, 0.3) is 0 Å². The second-order valence-corrected chi connectivity index (χ2v) is 5.74. The topological polar surface area (TPSA) is 73.4 Å². The van der Waals surface area contributed by atoms with Crippen molar-refractivity contribution < 1.29 is 9.53 Å². The van der Waals surface area contributed by atoms with Gasteiger partial charge in [0, 0.05) is 32.1 Å². The Hall–Kier alpha value is -2.18. The Morgan fingerprint density at radius 3 is 2.48 bits per heavy atom. The number of nitrogens with two attached hydrogens (primary N) is 1. The molecule has 1 aliphatic heterocycles. The standard InChI is InChI=1S/C17H22N4O2/c1-12-16(13(2)22)21(15-5-3-14(11-18)4-6-15)19-17(12)20-7-9-23-10-8-20/h3-6H,7-11,18H2,1-2H3. The van der Waals surface area contributed by atoms with Crippen molar-refractivity contribution >= 4 is 11.6 Å². The Labute approximate surface area is 135 Å². The highest BCUT2D eigenvalue weighted by Crippen LogP contribution is 2.26. The van der Waals surface area contributed by atoms with Crippen molar-refractivity contribution in [3.8, 4) is 5.69 Å². The molecule has 1 aromatic carbocycles. The van der Waals surface area contributed by atoms with E-state index in [0.717, 1.165) is 35.7 Å². The summed E-state index contributed by atoms with van der Waals surface area (Å²) in [5, 5.41) is 4.72. The summed E-state index contributed by atoms with van der Waals surface area (Å²) in [6, 6.07) is 7.82. The molecule has 2 N–H and O–H groups in total. The van der Waals surface area contributed by atoms with Crippen LogP contribution in [-0.2, 0) is 11.3 Å². The van der Waals surface area contributed by atoms with Gasteiger partial charge in [0.1, 0.15) is 5.69 Å². The third kappa shape index (κ3) is 3.00. The summed E-state index contributed by atoms with van der Waals surface area (Å²) in [5.41, 5.74) is 9.12. The van der Waals surface area contributed by atoms with E-state index in [1.54, 1.807) is 11.6 Å². The van der Waals surface area contributed by atoms with Crippen molar-refractivity contribution in [2.24, 2.45) is 5.73 Å². The largest absolute Gasteiger partial charge is 0.378 e. The lowest BCUT2D eigenvalue weighted by Crippen LogP contribution is -2.36. The van der Waals surface area contributed by atoms with Gasteiger partial charge in [0.2, 0.25) is 0 Å². The van der Waals surface area contributed by atoms with E-state index in [4.69, 9.17) is 15.6 Å². The van der Waals surface area contributed by atoms with E-state index in [9.17, 15) is 4.79 Å². The predicted octanol–water partition coefficient (Wildman–Crippen LogP) is 1.68. The summed E-state index contributed by atoms with van der Waals surface area (Å²) in [4.78, 5) is 14.3. The van der Waals surface area contributed by atoms with Crippen molar-refractivity contribution in [3.05, 3.63) is 41.1 Å². The van der Waals surface area contributed by atoms with Gasteiger partial charge >= 0.3 is 0 Å². The first-order valence-corrected chi connectivity index (χ1v) is 7.84. The number of carbonyl (C=O) groups is 1. The minimum Gasteiger partial charge on any atom is -0.378 e. The first kappa shape index (κ1) is 15.7. The molecule has 0 bridgehead atoms. The first-order chi connectivity index (χ1) is 11.1. The summed E-state index contributed by atoms with van der Waals surface area (Å²) in [6.45, 7) is 7.00. The number of ketones is 1. The van der Waals surface area contributed by atoms with Gasteiger partial charge in [-0.3, -0.25) is 4.79 Å². The monoisotopic (exact) mass is 314 g/mol. The first-order valence-electron chi connectivity index (χ1n) is 7.84. The number of Topliss-reactive ketones (excluding diaryl/α,β-unsaturated/α-hetero) is 1. The number of rotatable bonds is 4. The van der Waals surface area contributed by atoms with Crippen LogP contribution in [0.15, 0.2) is 24.3 Å². The van der Waals surface area contributed by atoms with Crippen LogP contribution in [0, 0.1) is 6.92 Å². The molecule has 3 rings (SSSR count). The molecule has 1 saturated heterocycles. The molecule has 0 spiro atoms. The number of ether oxygens (including phenoxy) is 1. The summed E-state index contributed by atoms with van der Waals surface area (Å²) >= 11 is 0. The van der Waals surface area contributed by atoms with E-state index < -0.39 is 0 Å². The van der Waals surface area contributed by atoms with Crippen LogP contribution in [0.25, 0.3) is 5.69 Å². The third-order valence-electron chi connectivity index (χ3n) is 4.16. The molecule has 2 aromatic rings. The molecule has 6 heteroatoms. The maximum atomic E-state index is 12.2. The van der Waals surface area contributed by atoms with E-state index in [1.165, 1.54) is 0 Å². The van der Waals surface area contributed by atoms with E-state index in [2.05, 4.69) is 4.90 Å². The average molecular weight is 314 g/mol. The SMILES string of the molecule is CC(=O)c1c(C)c(N2CCOCC2)nn1-c1ccc(CN)cc1. The molecule has 23 heavy (non-hydrogen) atoms. The predicted molar refractivity (Wildman–Crippen MR) is 89.2 cm³/mol. The normalized spacial score (nSPS) is 15.0. The second-order valence-electron chi connectivity index (χ2n) is 5.74. The van der Waals surface area contributed by atoms with Crippen molar-refractivity contribution in [3.63, 3.8) is 0 Å². The van der Waals surface area contributed by atoms with Crippen molar-refractivity contribution in [2.45, 2.75) is 20.4 Å². The molecular formula is C17H22N4O2. The van der Waals surface area contributed by atoms with Crippen LogP contribution < -0.4 is 10.6 Å². The van der Waals surface area contributed by atoms with Crippen molar-refractivity contribution in [2.75, 3.05) is 31.2 Å². The molecule has 1 aliphatic rings. The van der Waals surface area contributed by atoms with Crippen LogP contribution in [0.2, 0.25) is 0 Å². The van der Waals surface area contributed by atoms with Gasteiger partial charge < -0.3 is 15.4 Å². The molecule has 0 atom stereocenters. The quantitative estimate of drug-likeness (QED) is 0.869. The van der Waals surface area contributed by atoms with Crippen molar-refractivity contribution in [1.82, 2.24) is 9.78 Å². The van der Waals surface area contributed by atoms with Gasteiger partial charge in [-0.2, -0.15) is 0 Å². The highest BCUT2D eigenvalue weighted by atomic mass is 16.5. The molecule has 0 saturated carbocycles. The number of benzene rings is 1. The minimum absolute atomic E-state index is 0.0115.